The number of nitrogens with zero attached hydrogens (tertiary/aromatic N) is 1. The van der Waals surface area contributed by atoms with Crippen LogP contribution in [0.5, 0.6) is 0 Å². The van der Waals surface area contributed by atoms with Crippen LogP contribution in [0.2, 0.25) is 0 Å². The van der Waals surface area contributed by atoms with E-state index in [9.17, 15) is 9.59 Å². The van der Waals surface area contributed by atoms with Crippen LogP contribution in [0, 0.1) is 18.8 Å². The van der Waals surface area contributed by atoms with Crippen molar-refractivity contribution in [2.45, 2.75) is 46.1 Å². The number of hydrogen-bond donors (Lipinski definition) is 2. The Labute approximate surface area is 118 Å². The van der Waals surface area contributed by atoms with Crippen LogP contribution >= 0.6 is 0 Å². The van der Waals surface area contributed by atoms with Gasteiger partial charge in [-0.3, -0.25) is 14.9 Å². The van der Waals surface area contributed by atoms with E-state index >= 15 is 0 Å². The molecular weight excluding hydrogens is 258 g/mol. The maximum Gasteiger partial charge on any atom is 0.314 e. The van der Waals surface area contributed by atoms with Crippen LogP contribution in [0.1, 0.15) is 38.9 Å². The first kappa shape index (κ1) is 14.6. The van der Waals surface area contributed by atoms with Crippen LogP contribution < -0.4 is 10.6 Å². The molecule has 1 saturated carbocycles. The minimum atomic E-state index is -0.705. The third-order valence-corrected chi connectivity index (χ3v) is 4.10. The summed E-state index contributed by atoms with van der Waals surface area (Å²) in [6.07, 6.45) is 3.19. The Balaban J connectivity index is 1.89. The highest BCUT2D eigenvalue weighted by Gasteiger charge is 2.29. The lowest BCUT2D eigenvalue weighted by Gasteiger charge is -2.34. The molecule has 2 rings (SSSR count). The summed E-state index contributed by atoms with van der Waals surface area (Å²) in [5.41, 5.74) is 0. The Hall–Kier alpha value is -1.85. The van der Waals surface area contributed by atoms with Crippen molar-refractivity contribution in [2.24, 2.45) is 11.8 Å². The molecular formula is C14H21N3O3. The molecule has 3 unspecified atom stereocenters. The first-order valence-corrected chi connectivity index (χ1v) is 7.02. The molecule has 0 aliphatic heterocycles. The summed E-state index contributed by atoms with van der Waals surface area (Å²) in [6.45, 7) is 6.02. The average molecular weight is 279 g/mol. The minimum Gasteiger partial charge on any atom is -0.360 e. The Morgan fingerprint density at radius 1 is 1.30 bits per heavy atom. The summed E-state index contributed by atoms with van der Waals surface area (Å²) in [5.74, 6) is 0.466. The van der Waals surface area contributed by atoms with Crippen molar-refractivity contribution in [1.29, 1.82) is 0 Å². The molecule has 1 heterocycles. The Morgan fingerprint density at radius 3 is 2.70 bits per heavy atom. The highest BCUT2D eigenvalue weighted by molar-refractivity contribution is 6.39. The van der Waals surface area contributed by atoms with Gasteiger partial charge in [0.25, 0.3) is 0 Å². The molecule has 20 heavy (non-hydrogen) atoms. The van der Waals surface area contributed by atoms with Crippen molar-refractivity contribution in [2.75, 3.05) is 5.32 Å². The molecule has 0 bridgehead atoms. The SMILES string of the molecule is Cc1cc(NC(=O)C(=O)NC2CCCC(C)C2C)no1. The zero-order chi connectivity index (χ0) is 14.7. The van der Waals surface area contributed by atoms with Crippen LogP contribution in [0.15, 0.2) is 10.6 Å². The Bertz CT molecular complexity index is 498. The quantitative estimate of drug-likeness (QED) is 0.809. The van der Waals surface area contributed by atoms with Gasteiger partial charge in [-0.05, 0) is 25.2 Å². The molecule has 0 spiro atoms. The van der Waals surface area contributed by atoms with Crippen molar-refractivity contribution in [3.05, 3.63) is 11.8 Å². The standard InChI is InChI=1S/C14H21N3O3/c1-8-5-4-6-11(10(8)3)15-13(18)14(19)16-12-7-9(2)20-17-12/h7-8,10-11H,4-6H2,1-3H3,(H,15,18)(H,16,17,19). The summed E-state index contributed by atoms with van der Waals surface area (Å²) in [6, 6.07) is 1.63. The van der Waals surface area contributed by atoms with E-state index in [1.807, 2.05) is 0 Å². The summed E-state index contributed by atoms with van der Waals surface area (Å²) >= 11 is 0. The maximum absolute atomic E-state index is 11.9. The number of rotatable bonds is 2. The lowest BCUT2D eigenvalue weighted by Crippen LogP contribution is -2.47. The van der Waals surface area contributed by atoms with E-state index in [0.29, 0.717) is 17.6 Å². The number of hydrogen-bond acceptors (Lipinski definition) is 4. The van der Waals surface area contributed by atoms with Gasteiger partial charge in [0.15, 0.2) is 5.82 Å². The molecule has 1 aliphatic rings. The smallest absolute Gasteiger partial charge is 0.314 e. The Kier molecular flexibility index (Phi) is 4.42. The molecule has 0 radical (unpaired) electrons. The van der Waals surface area contributed by atoms with Crippen molar-refractivity contribution in [1.82, 2.24) is 10.5 Å². The zero-order valence-corrected chi connectivity index (χ0v) is 12.1. The van der Waals surface area contributed by atoms with E-state index in [-0.39, 0.29) is 11.9 Å². The second-order valence-corrected chi connectivity index (χ2v) is 5.62. The van der Waals surface area contributed by atoms with E-state index < -0.39 is 11.8 Å². The van der Waals surface area contributed by atoms with Crippen LogP contribution in [0.25, 0.3) is 0 Å². The number of aryl methyl sites for hydroxylation is 1. The number of aromatic nitrogens is 1. The lowest BCUT2D eigenvalue weighted by molar-refractivity contribution is -0.137. The molecule has 1 fully saturated rings. The van der Waals surface area contributed by atoms with E-state index in [2.05, 4.69) is 29.6 Å². The van der Waals surface area contributed by atoms with Gasteiger partial charge in [0.2, 0.25) is 0 Å². The molecule has 1 aliphatic carbocycles. The predicted molar refractivity (Wildman–Crippen MR) is 74.0 cm³/mol. The molecule has 3 atom stereocenters. The van der Waals surface area contributed by atoms with Gasteiger partial charge in [0.1, 0.15) is 5.76 Å². The van der Waals surface area contributed by atoms with Crippen LogP contribution in [-0.4, -0.2) is 23.0 Å². The highest BCUT2D eigenvalue weighted by Crippen LogP contribution is 2.29. The average Bonchev–Trinajstić information content (AvgIpc) is 2.80. The number of nitrogens with one attached hydrogen (secondary N) is 2. The number of carbonyl (C=O) groups is 2. The third-order valence-electron chi connectivity index (χ3n) is 4.10. The molecule has 1 aromatic heterocycles. The molecule has 0 saturated heterocycles. The Morgan fingerprint density at radius 2 is 2.05 bits per heavy atom. The predicted octanol–water partition coefficient (Wildman–Crippen LogP) is 1.86. The van der Waals surface area contributed by atoms with Crippen molar-refractivity contribution in [3.63, 3.8) is 0 Å². The summed E-state index contributed by atoms with van der Waals surface area (Å²) < 4.78 is 4.83. The van der Waals surface area contributed by atoms with Crippen molar-refractivity contribution < 1.29 is 14.1 Å². The first-order valence-electron chi connectivity index (χ1n) is 7.02. The van der Waals surface area contributed by atoms with E-state index in [1.165, 1.54) is 6.42 Å². The minimum absolute atomic E-state index is 0.0658. The zero-order valence-electron chi connectivity index (χ0n) is 12.1. The van der Waals surface area contributed by atoms with E-state index in [0.717, 1.165) is 12.8 Å². The summed E-state index contributed by atoms with van der Waals surface area (Å²) in [7, 11) is 0. The second-order valence-electron chi connectivity index (χ2n) is 5.62. The molecule has 110 valence electrons. The largest absolute Gasteiger partial charge is 0.360 e. The van der Waals surface area contributed by atoms with Crippen LogP contribution in [0.3, 0.4) is 0 Å². The first-order chi connectivity index (χ1) is 9.47. The van der Waals surface area contributed by atoms with Gasteiger partial charge in [-0.1, -0.05) is 31.8 Å². The molecule has 6 heteroatoms. The van der Waals surface area contributed by atoms with E-state index in [4.69, 9.17) is 4.52 Å². The van der Waals surface area contributed by atoms with Gasteiger partial charge in [-0.25, -0.2) is 0 Å². The van der Waals surface area contributed by atoms with Gasteiger partial charge < -0.3 is 9.84 Å². The third kappa shape index (κ3) is 3.37. The number of carbonyl (C=O) groups excluding carboxylic acids is 2. The summed E-state index contributed by atoms with van der Waals surface area (Å²) in [4.78, 5) is 23.7. The van der Waals surface area contributed by atoms with Crippen molar-refractivity contribution in [3.8, 4) is 0 Å². The monoisotopic (exact) mass is 279 g/mol. The molecule has 1 aromatic rings. The molecule has 0 aromatic carbocycles. The normalized spacial score (nSPS) is 26.1. The fourth-order valence-electron chi connectivity index (χ4n) is 2.62. The maximum atomic E-state index is 11.9. The van der Waals surface area contributed by atoms with Crippen LogP contribution in [-0.2, 0) is 9.59 Å². The van der Waals surface area contributed by atoms with E-state index in [1.54, 1.807) is 13.0 Å². The van der Waals surface area contributed by atoms with Gasteiger partial charge in [0.05, 0.1) is 0 Å². The van der Waals surface area contributed by atoms with Gasteiger partial charge in [0, 0.05) is 12.1 Å². The second kappa shape index (κ2) is 6.07. The van der Waals surface area contributed by atoms with Gasteiger partial charge in [-0.15, -0.1) is 0 Å². The number of amides is 2. The van der Waals surface area contributed by atoms with Gasteiger partial charge in [-0.2, -0.15) is 0 Å². The lowest BCUT2D eigenvalue weighted by atomic mass is 9.78. The topological polar surface area (TPSA) is 84.2 Å². The fraction of sp³-hybridized carbons (Fsp3) is 0.643. The van der Waals surface area contributed by atoms with Crippen molar-refractivity contribution >= 4 is 17.6 Å². The van der Waals surface area contributed by atoms with Gasteiger partial charge >= 0.3 is 11.8 Å². The molecule has 2 N–H and O–H groups in total. The molecule has 6 nitrogen and oxygen atoms in total. The highest BCUT2D eigenvalue weighted by atomic mass is 16.5. The van der Waals surface area contributed by atoms with Crippen LogP contribution in [0.4, 0.5) is 5.82 Å². The summed E-state index contributed by atoms with van der Waals surface area (Å²) in [5, 5.41) is 8.86. The fourth-order valence-corrected chi connectivity index (χ4v) is 2.62. The number of anilines is 1. The molecule has 2 amide bonds.